The van der Waals surface area contributed by atoms with Crippen LogP contribution < -0.4 is 11.5 Å². The number of aromatic nitrogens is 6. The summed E-state index contributed by atoms with van der Waals surface area (Å²) in [5.74, 6) is 0.664. The lowest BCUT2D eigenvalue weighted by atomic mass is 10.1. The molecule has 8 nitrogen and oxygen atoms in total. The quantitative estimate of drug-likeness (QED) is 0.442. The number of fused-ring (bicyclic) bond motifs is 2. The molecule has 1 aliphatic rings. The smallest absolute Gasteiger partial charge is 0.233 e. The van der Waals surface area contributed by atoms with Crippen LogP contribution in [0.4, 0.5) is 14.6 Å². The molecule has 33 heavy (non-hydrogen) atoms. The molecule has 0 amide bonds. The molecule has 4 N–H and O–H groups in total. The highest BCUT2D eigenvalue weighted by Crippen LogP contribution is 2.36. The average Bonchev–Trinajstić information content (AvgIpc) is 3.49. The molecule has 5 aromatic rings. The number of benzene rings is 1. The van der Waals surface area contributed by atoms with Gasteiger partial charge in [0.1, 0.15) is 17.5 Å². The SMILES string of the molecule is Nc1ncccc1-c1nc2ccc(-n3ccc(F)n3)nc2n1-c1ccc2c(c1)C[C@H](F)[C@@H]2N. The summed E-state index contributed by atoms with van der Waals surface area (Å²) in [6, 6.07) is 13.3. The molecule has 0 unspecified atom stereocenters. The Hall–Kier alpha value is -4.18. The van der Waals surface area contributed by atoms with Crippen molar-refractivity contribution in [1.82, 2.24) is 29.3 Å². The second-order valence-electron chi connectivity index (χ2n) is 7.93. The Morgan fingerprint density at radius 2 is 1.94 bits per heavy atom. The Morgan fingerprint density at radius 1 is 1.06 bits per heavy atom. The molecule has 0 aliphatic heterocycles. The summed E-state index contributed by atoms with van der Waals surface area (Å²) in [6.07, 6.45) is 2.21. The first-order valence-electron chi connectivity index (χ1n) is 10.3. The van der Waals surface area contributed by atoms with Crippen molar-refractivity contribution in [2.24, 2.45) is 5.73 Å². The van der Waals surface area contributed by atoms with Crippen LogP contribution in [0.2, 0.25) is 0 Å². The molecule has 4 heterocycles. The number of rotatable bonds is 3. The topological polar surface area (TPSA) is 113 Å². The molecule has 4 aromatic heterocycles. The lowest BCUT2D eigenvalue weighted by molar-refractivity contribution is 0.303. The molecule has 0 spiro atoms. The molecule has 164 valence electrons. The van der Waals surface area contributed by atoms with Crippen molar-refractivity contribution in [3.05, 3.63) is 78.0 Å². The maximum absolute atomic E-state index is 14.3. The molecule has 0 fully saturated rings. The lowest BCUT2D eigenvalue weighted by Gasteiger charge is -2.13. The number of hydrogen-bond acceptors (Lipinski definition) is 6. The summed E-state index contributed by atoms with van der Waals surface area (Å²) in [5.41, 5.74) is 16.3. The summed E-state index contributed by atoms with van der Waals surface area (Å²) >= 11 is 0. The van der Waals surface area contributed by atoms with Gasteiger partial charge in [-0.2, -0.15) is 4.39 Å². The van der Waals surface area contributed by atoms with Gasteiger partial charge in [0, 0.05) is 30.6 Å². The van der Waals surface area contributed by atoms with Gasteiger partial charge in [0.25, 0.3) is 0 Å². The van der Waals surface area contributed by atoms with E-state index in [1.54, 1.807) is 24.4 Å². The normalized spacial score (nSPS) is 17.5. The molecule has 2 atom stereocenters. The number of anilines is 1. The Balaban J connectivity index is 1.62. The van der Waals surface area contributed by atoms with Gasteiger partial charge in [0.2, 0.25) is 5.95 Å². The van der Waals surface area contributed by atoms with Crippen LogP contribution in [-0.4, -0.2) is 35.5 Å². The van der Waals surface area contributed by atoms with Gasteiger partial charge < -0.3 is 11.5 Å². The number of pyridine rings is 2. The van der Waals surface area contributed by atoms with E-state index in [1.807, 2.05) is 28.8 Å². The van der Waals surface area contributed by atoms with Crippen molar-refractivity contribution in [3.63, 3.8) is 0 Å². The third kappa shape index (κ3) is 3.06. The van der Waals surface area contributed by atoms with Crippen LogP contribution in [0.1, 0.15) is 17.2 Å². The molecule has 0 radical (unpaired) electrons. The summed E-state index contributed by atoms with van der Waals surface area (Å²) in [6.45, 7) is 0. The zero-order chi connectivity index (χ0) is 22.7. The van der Waals surface area contributed by atoms with E-state index in [9.17, 15) is 8.78 Å². The zero-order valence-electron chi connectivity index (χ0n) is 17.2. The maximum Gasteiger partial charge on any atom is 0.233 e. The molecule has 0 bridgehead atoms. The number of nitrogens with zero attached hydrogens (tertiary/aromatic N) is 6. The number of halogens is 2. The number of alkyl halides is 1. The number of nitrogens with two attached hydrogens (primary N) is 2. The average molecular weight is 444 g/mol. The minimum absolute atomic E-state index is 0.243. The lowest BCUT2D eigenvalue weighted by Crippen LogP contribution is -2.17. The van der Waals surface area contributed by atoms with E-state index in [0.717, 1.165) is 16.8 Å². The van der Waals surface area contributed by atoms with Gasteiger partial charge >= 0.3 is 0 Å². The number of hydrogen-bond donors (Lipinski definition) is 2. The minimum Gasteiger partial charge on any atom is -0.383 e. The van der Waals surface area contributed by atoms with Crippen LogP contribution in [0.5, 0.6) is 0 Å². The Labute approximate surface area is 186 Å². The Kier molecular flexibility index (Phi) is 4.24. The highest BCUT2D eigenvalue weighted by Gasteiger charge is 2.30. The fraction of sp³-hybridized carbons (Fsp3) is 0.130. The highest BCUT2D eigenvalue weighted by atomic mass is 19.1. The van der Waals surface area contributed by atoms with Crippen LogP contribution in [0.3, 0.4) is 0 Å². The molecular formula is C23H18F2N8. The van der Waals surface area contributed by atoms with Gasteiger partial charge in [-0.3, -0.25) is 4.57 Å². The van der Waals surface area contributed by atoms with Gasteiger partial charge in [0.15, 0.2) is 17.3 Å². The molecular weight excluding hydrogens is 426 g/mol. The molecule has 1 aliphatic carbocycles. The first kappa shape index (κ1) is 19.5. The van der Waals surface area contributed by atoms with Gasteiger partial charge in [-0.25, -0.2) is 24.0 Å². The van der Waals surface area contributed by atoms with Crippen LogP contribution >= 0.6 is 0 Å². The fourth-order valence-electron chi connectivity index (χ4n) is 4.30. The van der Waals surface area contributed by atoms with Gasteiger partial charge in [0.05, 0.1) is 11.6 Å². The van der Waals surface area contributed by atoms with E-state index < -0.39 is 18.2 Å². The third-order valence-electron chi connectivity index (χ3n) is 5.91. The highest BCUT2D eigenvalue weighted by molar-refractivity contribution is 5.83. The van der Waals surface area contributed by atoms with E-state index in [2.05, 4.69) is 10.1 Å². The summed E-state index contributed by atoms with van der Waals surface area (Å²) in [4.78, 5) is 13.7. The van der Waals surface area contributed by atoms with Crippen molar-refractivity contribution in [2.75, 3.05) is 5.73 Å². The van der Waals surface area contributed by atoms with E-state index in [1.165, 1.54) is 16.9 Å². The van der Waals surface area contributed by atoms with Crippen molar-refractivity contribution in [1.29, 1.82) is 0 Å². The van der Waals surface area contributed by atoms with Gasteiger partial charge in [-0.1, -0.05) is 6.07 Å². The molecule has 10 heteroatoms. The molecule has 0 saturated carbocycles. The van der Waals surface area contributed by atoms with Crippen molar-refractivity contribution in [3.8, 4) is 22.9 Å². The van der Waals surface area contributed by atoms with Gasteiger partial charge in [-0.15, -0.1) is 5.10 Å². The van der Waals surface area contributed by atoms with E-state index in [0.29, 0.717) is 34.2 Å². The second kappa shape index (κ2) is 7.17. The van der Waals surface area contributed by atoms with Crippen molar-refractivity contribution in [2.45, 2.75) is 18.6 Å². The van der Waals surface area contributed by atoms with Crippen molar-refractivity contribution < 1.29 is 8.78 Å². The van der Waals surface area contributed by atoms with E-state index in [-0.39, 0.29) is 6.42 Å². The summed E-state index contributed by atoms with van der Waals surface area (Å²) in [7, 11) is 0. The summed E-state index contributed by atoms with van der Waals surface area (Å²) in [5, 5.41) is 3.81. The standard InChI is InChI=1S/C23H18F2N8/c24-16-11-12-10-13(3-4-14(12)20(16)26)33-22(15-2-1-8-28-21(15)27)29-17-5-6-19(30-23(17)33)32-9-7-18(25)31-32/h1-10,16,20H,11,26H2,(H2,27,28)/t16-,20+/m0/s1. The predicted molar refractivity (Wildman–Crippen MR) is 119 cm³/mol. The van der Waals surface area contributed by atoms with Crippen molar-refractivity contribution >= 4 is 17.0 Å². The monoisotopic (exact) mass is 444 g/mol. The fourth-order valence-corrected chi connectivity index (χ4v) is 4.30. The summed E-state index contributed by atoms with van der Waals surface area (Å²) < 4.78 is 30.9. The minimum atomic E-state index is -1.12. The van der Waals surface area contributed by atoms with Crippen LogP contribution in [0.15, 0.2) is 60.9 Å². The molecule has 1 aromatic carbocycles. The number of imidazole rings is 1. The Morgan fingerprint density at radius 3 is 2.73 bits per heavy atom. The largest absolute Gasteiger partial charge is 0.383 e. The van der Waals surface area contributed by atoms with Gasteiger partial charge in [-0.05, 0) is 47.5 Å². The van der Waals surface area contributed by atoms with Crippen LogP contribution in [0.25, 0.3) is 34.1 Å². The van der Waals surface area contributed by atoms with Crippen LogP contribution in [0, 0.1) is 5.95 Å². The predicted octanol–water partition coefficient (Wildman–Crippen LogP) is 3.28. The maximum atomic E-state index is 14.3. The van der Waals surface area contributed by atoms with E-state index >= 15 is 0 Å². The first-order valence-corrected chi connectivity index (χ1v) is 10.3. The molecule has 0 saturated heterocycles. The van der Waals surface area contributed by atoms with E-state index in [4.69, 9.17) is 21.4 Å². The number of nitrogen functional groups attached to an aromatic ring is 1. The zero-order valence-corrected chi connectivity index (χ0v) is 17.2. The third-order valence-corrected chi connectivity index (χ3v) is 5.91. The Bertz CT molecular complexity index is 1520. The van der Waals surface area contributed by atoms with Crippen LogP contribution in [-0.2, 0) is 6.42 Å². The second-order valence-corrected chi connectivity index (χ2v) is 7.93. The molecule has 6 rings (SSSR count). The first-order chi connectivity index (χ1) is 16.0.